The van der Waals surface area contributed by atoms with E-state index < -0.39 is 17.3 Å². The summed E-state index contributed by atoms with van der Waals surface area (Å²) in [6, 6.07) is 4.54. The highest BCUT2D eigenvalue weighted by molar-refractivity contribution is 6.08. The Morgan fingerprint density at radius 1 is 1.19 bits per heavy atom. The lowest BCUT2D eigenvalue weighted by Crippen LogP contribution is -2.41. The summed E-state index contributed by atoms with van der Waals surface area (Å²) in [5, 5.41) is 2.76. The summed E-state index contributed by atoms with van der Waals surface area (Å²) in [7, 11) is 0. The summed E-state index contributed by atoms with van der Waals surface area (Å²) >= 11 is 0. The van der Waals surface area contributed by atoms with Gasteiger partial charge in [0.1, 0.15) is 19.8 Å². The molecule has 1 N–H and O–H groups in total. The van der Waals surface area contributed by atoms with Gasteiger partial charge in [-0.15, -0.1) is 0 Å². The molecule has 2 rings (SSSR count). The maximum atomic E-state index is 12.7. The van der Waals surface area contributed by atoms with Gasteiger partial charge in [-0.3, -0.25) is 9.59 Å². The standard InChI is InChI=1S/C20H25NO6/c1-12(2)11-27-26-7-6-25-18(23)15-8-14-9-16(10-15)21-19(24)20(4,5)13(3)17(14)22/h8-10,13H,1,6-7,11H2,2-5H3,(H,21,24). The molecule has 0 fully saturated rings. The van der Waals surface area contributed by atoms with E-state index in [1.165, 1.54) is 12.1 Å². The molecule has 0 aliphatic carbocycles. The van der Waals surface area contributed by atoms with Crippen molar-refractivity contribution in [2.75, 3.05) is 25.1 Å². The second-order valence-corrected chi connectivity index (χ2v) is 7.24. The van der Waals surface area contributed by atoms with Gasteiger partial charge >= 0.3 is 5.97 Å². The van der Waals surface area contributed by atoms with Gasteiger partial charge in [-0.05, 0) is 25.1 Å². The van der Waals surface area contributed by atoms with Crippen molar-refractivity contribution in [2.45, 2.75) is 27.7 Å². The Bertz CT molecular complexity index is 768. The summed E-state index contributed by atoms with van der Waals surface area (Å²) in [5.41, 5.74) is 0.885. The van der Waals surface area contributed by atoms with E-state index in [0.29, 0.717) is 11.3 Å². The highest BCUT2D eigenvalue weighted by atomic mass is 17.2. The third-order valence-electron chi connectivity index (χ3n) is 4.56. The lowest BCUT2D eigenvalue weighted by molar-refractivity contribution is -0.291. The van der Waals surface area contributed by atoms with Crippen LogP contribution < -0.4 is 5.32 Å². The monoisotopic (exact) mass is 375 g/mol. The summed E-state index contributed by atoms with van der Waals surface area (Å²) in [4.78, 5) is 47.1. The van der Waals surface area contributed by atoms with Crippen molar-refractivity contribution in [3.05, 3.63) is 41.5 Å². The molecule has 0 radical (unpaired) electrons. The summed E-state index contributed by atoms with van der Waals surface area (Å²) < 4.78 is 5.13. The quantitative estimate of drug-likeness (QED) is 0.259. The Labute approximate surface area is 158 Å². The molecule has 7 nitrogen and oxygen atoms in total. The van der Waals surface area contributed by atoms with Crippen LogP contribution in [0.25, 0.3) is 0 Å². The molecule has 0 aromatic heterocycles. The summed E-state index contributed by atoms with van der Waals surface area (Å²) in [6.45, 7) is 10.9. The van der Waals surface area contributed by atoms with Gasteiger partial charge in [0.25, 0.3) is 0 Å². The van der Waals surface area contributed by atoms with Crippen LogP contribution >= 0.6 is 0 Å². The largest absolute Gasteiger partial charge is 0.460 e. The number of carbonyl (C=O) groups is 3. The van der Waals surface area contributed by atoms with Gasteiger partial charge in [0, 0.05) is 17.2 Å². The van der Waals surface area contributed by atoms with Crippen LogP contribution in [0.1, 0.15) is 48.4 Å². The van der Waals surface area contributed by atoms with E-state index in [-0.39, 0.29) is 37.1 Å². The van der Waals surface area contributed by atoms with Gasteiger partial charge in [0.05, 0.1) is 11.0 Å². The van der Waals surface area contributed by atoms with Crippen LogP contribution in [-0.4, -0.2) is 37.5 Å². The number of carbonyl (C=O) groups excluding carboxylic acids is 3. The van der Waals surface area contributed by atoms with Crippen LogP contribution in [0.15, 0.2) is 30.4 Å². The van der Waals surface area contributed by atoms with Crippen molar-refractivity contribution in [3.8, 4) is 0 Å². The third kappa shape index (κ3) is 5.02. The molecule has 2 bridgehead atoms. The van der Waals surface area contributed by atoms with Crippen LogP contribution in [0.3, 0.4) is 0 Å². The first-order valence-electron chi connectivity index (χ1n) is 8.69. The number of hydrogen-bond donors (Lipinski definition) is 1. The average molecular weight is 375 g/mol. The number of esters is 1. The zero-order chi connectivity index (χ0) is 20.2. The fourth-order valence-corrected chi connectivity index (χ4v) is 2.48. The second kappa shape index (κ2) is 8.45. The maximum Gasteiger partial charge on any atom is 0.338 e. The fraction of sp³-hybridized carbons (Fsp3) is 0.450. The predicted molar refractivity (Wildman–Crippen MR) is 99.3 cm³/mol. The Morgan fingerprint density at radius 2 is 1.89 bits per heavy atom. The number of hydrogen-bond acceptors (Lipinski definition) is 6. The molecule has 1 aliphatic heterocycles. The van der Waals surface area contributed by atoms with Gasteiger partial charge in [0.15, 0.2) is 5.78 Å². The Balaban J connectivity index is 2.07. The van der Waals surface area contributed by atoms with E-state index in [9.17, 15) is 14.4 Å². The lowest BCUT2D eigenvalue weighted by atomic mass is 9.74. The van der Waals surface area contributed by atoms with E-state index >= 15 is 0 Å². The molecule has 0 saturated carbocycles. The van der Waals surface area contributed by atoms with E-state index in [2.05, 4.69) is 11.9 Å². The van der Waals surface area contributed by atoms with E-state index in [4.69, 9.17) is 14.5 Å². The predicted octanol–water partition coefficient (Wildman–Crippen LogP) is 3.16. The van der Waals surface area contributed by atoms with Crippen LogP contribution in [0.2, 0.25) is 0 Å². The first-order chi connectivity index (χ1) is 12.6. The third-order valence-corrected chi connectivity index (χ3v) is 4.56. The van der Waals surface area contributed by atoms with E-state index in [1.54, 1.807) is 33.8 Å². The first kappa shape index (κ1) is 20.8. The smallest absolute Gasteiger partial charge is 0.338 e. The van der Waals surface area contributed by atoms with Crippen molar-refractivity contribution in [3.63, 3.8) is 0 Å². The Morgan fingerprint density at radius 3 is 2.56 bits per heavy atom. The molecule has 1 unspecified atom stereocenters. The zero-order valence-electron chi connectivity index (χ0n) is 16.1. The molecular weight excluding hydrogens is 350 g/mol. The van der Waals surface area contributed by atoms with E-state index in [0.717, 1.165) is 5.57 Å². The zero-order valence-corrected chi connectivity index (χ0v) is 16.1. The fourth-order valence-electron chi connectivity index (χ4n) is 2.48. The van der Waals surface area contributed by atoms with Crippen LogP contribution in [-0.2, 0) is 19.3 Å². The highest BCUT2D eigenvalue weighted by Gasteiger charge is 2.40. The number of fused-ring (bicyclic) bond motifs is 2. The molecule has 1 atom stereocenters. The van der Waals surface area contributed by atoms with Crippen LogP contribution in [0.4, 0.5) is 5.69 Å². The second-order valence-electron chi connectivity index (χ2n) is 7.24. The number of benzene rings is 1. The molecule has 0 spiro atoms. The number of anilines is 1. The number of ether oxygens (including phenoxy) is 1. The van der Waals surface area contributed by atoms with Crippen LogP contribution in [0, 0.1) is 11.3 Å². The Hall–Kier alpha value is -2.51. The molecular formula is C20H25NO6. The lowest BCUT2D eigenvalue weighted by Gasteiger charge is -2.31. The van der Waals surface area contributed by atoms with Crippen molar-refractivity contribution in [1.29, 1.82) is 0 Å². The van der Waals surface area contributed by atoms with Crippen molar-refractivity contribution in [2.24, 2.45) is 11.3 Å². The number of amides is 1. The normalized spacial score (nSPS) is 18.3. The van der Waals surface area contributed by atoms with Gasteiger partial charge in [0.2, 0.25) is 5.91 Å². The van der Waals surface area contributed by atoms with Gasteiger partial charge in [-0.25, -0.2) is 14.6 Å². The number of ketones is 1. The number of rotatable bonds is 7. The van der Waals surface area contributed by atoms with Crippen LogP contribution in [0.5, 0.6) is 0 Å². The summed E-state index contributed by atoms with van der Waals surface area (Å²) in [5.74, 6) is -1.61. The minimum absolute atomic E-state index is 0.0156. The minimum atomic E-state index is -0.858. The number of nitrogens with one attached hydrogen (secondary N) is 1. The van der Waals surface area contributed by atoms with Gasteiger partial charge in [-0.1, -0.05) is 32.9 Å². The molecule has 1 aromatic rings. The summed E-state index contributed by atoms with van der Waals surface area (Å²) in [6.07, 6.45) is 0. The van der Waals surface area contributed by atoms with E-state index in [1.807, 2.05) is 0 Å². The molecule has 1 aromatic carbocycles. The first-order valence-corrected chi connectivity index (χ1v) is 8.69. The van der Waals surface area contributed by atoms with Crippen molar-refractivity contribution >= 4 is 23.3 Å². The maximum absolute atomic E-state index is 12.7. The topological polar surface area (TPSA) is 90.9 Å². The van der Waals surface area contributed by atoms with Gasteiger partial charge in [-0.2, -0.15) is 0 Å². The minimum Gasteiger partial charge on any atom is -0.460 e. The van der Waals surface area contributed by atoms with Crippen molar-refractivity contribution < 1.29 is 28.9 Å². The molecule has 1 aliphatic rings. The molecule has 146 valence electrons. The van der Waals surface area contributed by atoms with Gasteiger partial charge < -0.3 is 10.1 Å². The van der Waals surface area contributed by atoms with Crippen molar-refractivity contribution in [1.82, 2.24) is 0 Å². The average Bonchev–Trinajstić information content (AvgIpc) is 2.61. The molecule has 27 heavy (non-hydrogen) atoms. The Kier molecular flexibility index (Phi) is 6.51. The molecule has 7 heteroatoms. The molecule has 1 amide bonds. The molecule has 1 heterocycles. The SMILES string of the molecule is C=C(C)COOCCOC(=O)c1cc2cc(c1)C(=O)C(C)C(C)(C)C(=O)N2. The highest BCUT2D eigenvalue weighted by Crippen LogP contribution is 2.34. The molecule has 0 saturated heterocycles. The number of Topliss-reactive ketones (excluding diaryl/α,β-unsaturated/α-hetero) is 1.